The Morgan fingerprint density at radius 2 is 0.756 bits per heavy atom. The summed E-state index contributed by atoms with van der Waals surface area (Å²) in [5, 5.41) is 3.84. The van der Waals surface area contributed by atoms with Gasteiger partial charge in [-0.25, -0.2) is 0 Å². The van der Waals surface area contributed by atoms with Gasteiger partial charge in [0.15, 0.2) is 0 Å². The number of hydrogen-bond acceptors (Lipinski definition) is 6. The van der Waals surface area contributed by atoms with E-state index in [1.807, 2.05) is 72.8 Å². The molecule has 9 rings (SSSR count). The molecule has 9 heteroatoms. The summed E-state index contributed by atoms with van der Waals surface area (Å²) in [4.78, 5) is 36.9. The van der Waals surface area contributed by atoms with E-state index in [4.69, 9.17) is 29.9 Å². The van der Waals surface area contributed by atoms with Crippen LogP contribution in [0.15, 0.2) is 91.0 Å². The van der Waals surface area contributed by atoms with Crippen molar-refractivity contribution in [2.45, 2.75) is 0 Å². The third-order valence-corrected chi connectivity index (χ3v) is 7.71. The van der Waals surface area contributed by atoms with Gasteiger partial charge in [-0.2, -0.15) is 0 Å². The van der Waals surface area contributed by atoms with Gasteiger partial charge in [-0.1, -0.05) is 18.2 Å². The van der Waals surface area contributed by atoms with Crippen LogP contribution in [0.5, 0.6) is 0 Å². The van der Waals surface area contributed by atoms with Crippen molar-refractivity contribution in [2.75, 3.05) is 0 Å². The molecular weight excluding hydrogens is 503 g/mol. The number of benzene rings is 4. The van der Waals surface area contributed by atoms with Crippen molar-refractivity contribution in [3.8, 4) is 45.6 Å². The summed E-state index contributed by atoms with van der Waals surface area (Å²) in [5.41, 5.74) is 6.47. The first kappa shape index (κ1) is 22.6. The second kappa shape index (κ2) is 8.42. The molecule has 0 unspecified atom stereocenters. The van der Waals surface area contributed by atoms with Crippen LogP contribution >= 0.6 is 0 Å². The molecule has 0 amide bonds. The molecule has 2 N–H and O–H groups in total. The van der Waals surface area contributed by atoms with Gasteiger partial charge in [-0.15, -0.1) is 0 Å². The Labute approximate surface area is 241 Å². The van der Waals surface area contributed by atoms with E-state index in [0.717, 1.165) is 48.0 Å². The summed E-state index contributed by atoms with van der Waals surface area (Å²) in [6, 6.07) is 30.5. The van der Waals surface area contributed by atoms with Gasteiger partial charge >= 0.3 is 224 Å². The van der Waals surface area contributed by atoms with E-state index in [0.29, 0.717) is 45.9 Å². The molecule has 0 atom stereocenters. The van der Waals surface area contributed by atoms with Gasteiger partial charge in [0.1, 0.15) is 0 Å². The van der Waals surface area contributed by atoms with E-state index in [2.05, 4.69) is 45.9 Å². The topological polar surface area (TPSA) is 109 Å². The predicted molar refractivity (Wildman–Crippen MR) is 161 cm³/mol. The second-order valence-electron chi connectivity index (χ2n) is 10.3. The minimum atomic E-state index is 0.598. The predicted octanol–water partition coefficient (Wildman–Crippen LogP) is 5.66. The van der Waals surface area contributed by atoms with Crippen molar-refractivity contribution in [3.63, 3.8) is 0 Å². The zero-order valence-electron chi connectivity index (χ0n) is 21.8. The van der Waals surface area contributed by atoms with Gasteiger partial charge in [0, 0.05) is 0 Å². The van der Waals surface area contributed by atoms with Crippen LogP contribution < -0.4 is 4.24 Å². The molecule has 0 saturated carbocycles. The van der Waals surface area contributed by atoms with Gasteiger partial charge in [0.2, 0.25) is 0 Å². The monoisotopic (exact) mass is 520 g/mol. The molecule has 3 aromatic heterocycles. The third-order valence-electron chi connectivity index (χ3n) is 7.71. The van der Waals surface area contributed by atoms with Crippen LogP contribution in [0.3, 0.4) is 0 Å². The van der Waals surface area contributed by atoms with Gasteiger partial charge in [0.05, 0.1) is 0 Å². The molecule has 5 heterocycles. The molecule has 4 aromatic carbocycles. The molecule has 0 saturated heterocycles. The molecule has 0 radical (unpaired) electrons. The summed E-state index contributed by atoms with van der Waals surface area (Å²) in [6.07, 6.45) is 0. The Balaban J connectivity index is 1.51. The molecular formula is C32H17LiN8. The molecule has 8 nitrogen and oxygen atoms in total. The maximum atomic E-state index is 5.06. The Hall–Kier alpha value is -5.16. The summed E-state index contributed by atoms with van der Waals surface area (Å²) in [5.74, 6) is 2.39. The number of aromatic amines is 2. The zero-order valence-corrected chi connectivity index (χ0v) is 21.8. The van der Waals surface area contributed by atoms with Crippen molar-refractivity contribution in [1.29, 1.82) is 0 Å². The van der Waals surface area contributed by atoms with Crippen LogP contribution in [0.2, 0.25) is 0 Å². The second-order valence-corrected chi connectivity index (χ2v) is 10.3. The van der Waals surface area contributed by atoms with Crippen LogP contribution in [-0.2, 0) is 0 Å². The molecule has 2 aliphatic heterocycles. The zero-order chi connectivity index (χ0) is 27.1. The Kier molecular flexibility index (Phi) is 4.65. The summed E-state index contributed by atoms with van der Waals surface area (Å²) >= 11 is 2.07. The minimum absolute atomic E-state index is 0.598. The van der Waals surface area contributed by atoms with E-state index in [9.17, 15) is 0 Å². The van der Waals surface area contributed by atoms with E-state index >= 15 is 0 Å². The first-order chi connectivity index (χ1) is 20.2. The molecule has 7 aromatic rings. The summed E-state index contributed by atoms with van der Waals surface area (Å²) in [7, 11) is 0. The van der Waals surface area contributed by atoms with Crippen LogP contribution in [0, 0.1) is 0 Å². The first-order valence-corrected chi connectivity index (χ1v) is 13.4. The SMILES string of the molecule is [Li][c]1ccc2c3nc4nc(nc5[nH]c(nc6nc(nc([nH]3)c2c1)-c1ccccc1-6)c1ccccc51)-c1ccccc1-4. The van der Waals surface area contributed by atoms with Crippen LogP contribution in [0.25, 0.3) is 89.7 Å². The van der Waals surface area contributed by atoms with Crippen LogP contribution in [0.1, 0.15) is 0 Å². The fraction of sp³-hybridized carbons (Fsp3) is 0. The van der Waals surface area contributed by atoms with Gasteiger partial charge < -0.3 is 0 Å². The molecule has 0 fully saturated rings. The fourth-order valence-corrected chi connectivity index (χ4v) is 5.76. The molecule has 41 heavy (non-hydrogen) atoms. The molecule has 0 aliphatic carbocycles. The maximum absolute atomic E-state index is 5.06. The number of nitrogens with one attached hydrogen (secondary N) is 2. The van der Waals surface area contributed by atoms with E-state index in [1.165, 1.54) is 0 Å². The first-order valence-electron chi connectivity index (χ1n) is 13.4. The number of H-pyrrole nitrogens is 2. The normalized spacial score (nSPS) is 12.0. The third kappa shape index (κ3) is 3.42. The Morgan fingerprint density at radius 1 is 0.390 bits per heavy atom. The van der Waals surface area contributed by atoms with E-state index < -0.39 is 0 Å². The average molecular weight is 520 g/mol. The van der Waals surface area contributed by atoms with E-state index in [1.54, 1.807) is 0 Å². The van der Waals surface area contributed by atoms with Crippen molar-refractivity contribution in [1.82, 2.24) is 39.9 Å². The number of nitrogens with zero attached hydrogens (tertiary/aromatic N) is 6. The van der Waals surface area contributed by atoms with Crippen LogP contribution in [0.4, 0.5) is 0 Å². The van der Waals surface area contributed by atoms with Gasteiger partial charge in [0.25, 0.3) is 0 Å². The number of fused-ring (bicyclic) bond motifs is 20. The van der Waals surface area contributed by atoms with Crippen molar-refractivity contribution < 1.29 is 0 Å². The van der Waals surface area contributed by atoms with Crippen molar-refractivity contribution in [3.05, 3.63) is 91.0 Å². The quantitative estimate of drug-likeness (QED) is 0.250. The number of hydrogen-bond donors (Lipinski definition) is 2. The fourth-order valence-electron chi connectivity index (χ4n) is 5.76. The summed E-state index contributed by atoms with van der Waals surface area (Å²) < 4.78 is 1.13. The average Bonchev–Trinajstić information content (AvgIpc) is 3.72. The Bertz CT molecular complexity index is 2400. The van der Waals surface area contributed by atoms with Crippen molar-refractivity contribution >= 4 is 66.1 Å². The molecule has 8 bridgehead atoms. The van der Waals surface area contributed by atoms with Crippen molar-refractivity contribution in [2.24, 2.45) is 0 Å². The Morgan fingerprint density at radius 3 is 1.20 bits per heavy atom. The number of aromatic nitrogens is 8. The summed E-state index contributed by atoms with van der Waals surface area (Å²) in [6.45, 7) is 0. The molecule has 186 valence electrons. The number of rotatable bonds is 0. The molecule has 0 spiro atoms. The molecule has 2 aliphatic rings. The van der Waals surface area contributed by atoms with E-state index in [-0.39, 0.29) is 0 Å². The van der Waals surface area contributed by atoms with Gasteiger partial charge in [-0.3, -0.25) is 0 Å². The van der Waals surface area contributed by atoms with Gasteiger partial charge in [-0.05, 0) is 0 Å². The standard InChI is InChI=1S/C32H17N8.Li/c1-2-10-18-17(9-1)25-33-26(18)38-28-21-13-5-6-14-22(21)30(35-28)40-32-24-16-8-7-15-23(24)31(36-32)39-29-20-12-4-3-11-19(20)27(34-29)37-25;/h1-7,9-16H,(H2,33,34,35,36,37,38,39,40);. The van der Waals surface area contributed by atoms with Crippen LogP contribution in [-0.4, -0.2) is 57.6 Å².